The van der Waals surface area contributed by atoms with Crippen molar-refractivity contribution in [2.45, 2.75) is 13.0 Å². The summed E-state index contributed by atoms with van der Waals surface area (Å²) in [5.41, 5.74) is 5.46. The van der Waals surface area contributed by atoms with Crippen LogP contribution in [0.5, 0.6) is 5.75 Å². The molecular weight excluding hydrogens is 509 g/mol. The third-order valence-corrected chi connectivity index (χ3v) is 5.37. The van der Waals surface area contributed by atoms with Gasteiger partial charge in [0.2, 0.25) is 5.91 Å². The Balaban J connectivity index is 1.89. The van der Waals surface area contributed by atoms with Gasteiger partial charge in [0.15, 0.2) is 0 Å². The second-order valence-electron chi connectivity index (χ2n) is 6.82. The maximum atomic E-state index is 14.3. The summed E-state index contributed by atoms with van der Waals surface area (Å²) in [5, 5.41) is 5.88. The lowest BCUT2D eigenvalue weighted by Crippen LogP contribution is -2.55. The van der Waals surface area contributed by atoms with Gasteiger partial charge in [0.1, 0.15) is 29.6 Å². The van der Waals surface area contributed by atoms with Crippen LogP contribution in [0, 0.1) is 15.2 Å². The van der Waals surface area contributed by atoms with E-state index in [0.29, 0.717) is 23.2 Å². The number of carbonyl (C=O) groups excluding carboxylic acids is 2. The SMILES string of the molecule is CC(=O)N1CCNCC1COc1cc(F)cc(Nc2ccc(I)cc2F)c1C(N)=O. The number of ether oxygens (including phenoxy) is 1. The van der Waals surface area contributed by atoms with Gasteiger partial charge in [-0.1, -0.05) is 0 Å². The Morgan fingerprint density at radius 1 is 1.30 bits per heavy atom. The summed E-state index contributed by atoms with van der Waals surface area (Å²) >= 11 is 1.96. The van der Waals surface area contributed by atoms with E-state index in [0.717, 1.165) is 12.1 Å². The third kappa shape index (κ3) is 5.17. The van der Waals surface area contributed by atoms with Crippen molar-refractivity contribution in [1.29, 1.82) is 0 Å². The van der Waals surface area contributed by atoms with E-state index in [2.05, 4.69) is 10.6 Å². The molecule has 10 heteroatoms. The fraction of sp³-hybridized carbons (Fsp3) is 0.300. The summed E-state index contributed by atoms with van der Waals surface area (Å²) in [4.78, 5) is 25.6. The van der Waals surface area contributed by atoms with Crippen LogP contribution in [0.2, 0.25) is 0 Å². The van der Waals surface area contributed by atoms with Crippen molar-refractivity contribution in [3.63, 3.8) is 0 Å². The van der Waals surface area contributed by atoms with Crippen molar-refractivity contribution in [3.05, 3.63) is 51.1 Å². The normalized spacial score (nSPS) is 16.3. The highest BCUT2D eigenvalue weighted by Crippen LogP contribution is 2.32. The van der Waals surface area contributed by atoms with Gasteiger partial charge >= 0.3 is 0 Å². The zero-order chi connectivity index (χ0) is 21.8. The van der Waals surface area contributed by atoms with E-state index in [9.17, 15) is 18.4 Å². The molecular formula is C20H21F2IN4O3. The number of piperazine rings is 1. The molecule has 1 unspecified atom stereocenters. The summed E-state index contributed by atoms with van der Waals surface area (Å²) in [7, 11) is 0. The molecule has 1 aliphatic rings. The van der Waals surface area contributed by atoms with Gasteiger partial charge in [-0.15, -0.1) is 0 Å². The van der Waals surface area contributed by atoms with Crippen LogP contribution >= 0.6 is 22.6 Å². The van der Waals surface area contributed by atoms with Gasteiger partial charge in [0, 0.05) is 36.2 Å². The quantitative estimate of drug-likeness (QED) is 0.500. The fourth-order valence-electron chi connectivity index (χ4n) is 3.29. The molecule has 0 spiro atoms. The van der Waals surface area contributed by atoms with E-state index in [4.69, 9.17) is 10.5 Å². The lowest BCUT2D eigenvalue weighted by atomic mass is 10.1. The number of amides is 2. The van der Waals surface area contributed by atoms with Crippen molar-refractivity contribution in [2.24, 2.45) is 5.73 Å². The predicted octanol–water partition coefficient (Wildman–Crippen LogP) is 2.61. The molecule has 0 aromatic heterocycles. The number of benzene rings is 2. The highest BCUT2D eigenvalue weighted by atomic mass is 127. The van der Waals surface area contributed by atoms with Crippen molar-refractivity contribution < 1.29 is 23.1 Å². The number of nitrogens with one attached hydrogen (secondary N) is 2. The first-order chi connectivity index (χ1) is 14.3. The summed E-state index contributed by atoms with van der Waals surface area (Å²) in [5.74, 6) is -2.28. The first-order valence-corrected chi connectivity index (χ1v) is 10.3. The van der Waals surface area contributed by atoms with Gasteiger partial charge < -0.3 is 26.0 Å². The van der Waals surface area contributed by atoms with Crippen LogP contribution < -0.4 is 21.1 Å². The highest BCUT2D eigenvalue weighted by Gasteiger charge is 2.26. The standard InChI is InChI=1S/C20H21F2IN4O3/c1-11(28)27-5-4-25-9-14(27)10-30-18-7-12(21)6-17(19(18)20(24)29)26-16-3-2-13(23)8-15(16)22/h2-3,6-8,14,25-26H,4-5,9-10H2,1H3,(H2,24,29). The number of nitrogens with two attached hydrogens (primary N) is 1. The monoisotopic (exact) mass is 530 g/mol. The van der Waals surface area contributed by atoms with Gasteiger partial charge in [-0.25, -0.2) is 8.78 Å². The number of hydrogen-bond acceptors (Lipinski definition) is 5. The van der Waals surface area contributed by atoms with E-state index in [1.54, 1.807) is 11.0 Å². The molecule has 1 heterocycles. The largest absolute Gasteiger partial charge is 0.490 e. The maximum absolute atomic E-state index is 14.3. The fourth-order valence-corrected chi connectivity index (χ4v) is 3.75. The molecule has 3 rings (SSSR count). The van der Waals surface area contributed by atoms with Crippen LogP contribution in [-0.2, 0) is 4.79 Å². The van der Waals surface area contributed by atoms with Crippen molar-refractivity contribution in [2.75, 3.05) is 31.6 Å². The Morgan fingerprint density at radius 2 is 2.07 bits per heavy atom. The topological polar surface area (TPSA) is 96.7 Å². The lowest BCUT2D eigenvalue weighted by Gasteiger charge is -2.35. The molecule has 1 atom stereocenters. The first kappa shape index (κ1) is 22.2. The van der Waals surface area contributed by atoms with Gasteiger partial charge in [-0.3, -0.25) is 9.59 Å². The van der Waals surface area contributed by atoms with Gasteiger partial charge in [0.05, 0.1) is 17.4 Å². The molecule has 30 heavy (non-hydrogen) atoms. The number of carbonyl (C=O) groups is 2. The molecule has 160 valence electrons. The van der Waals surface area contributed by atoms with Crippen LogP contribution in [0.15, 0.2) is 30.3 Å². The van der Waals surface area contributed by atoms with Crippen molar-refractivity contribution in [3.8, 4) is 5.75 Å². The summed E-state index contributed by atoms with van der Waals surface area (Å²) in [6, 6.07) is 6.25. The molecule has 2 aromatic carbocycles. The van der Waals surface area contributed by atoms with Crippen molar-refractivity contribution >= 4 is 45.8 Å². The minimum Gasteiger partial charge on any atom is -0.490 e. The zero-order valence-electron chi connectivity index (χ0n) is 16.2. The summed E-state index contributed by atoms with van der Waals surface area (Å²) in [6.45, 7) is 3.19. The van der Waals surface area contributed by atoms with E-state index < -0.39 is 17.5 Å². The third-order valence-electron chi connectivity index (χ3n) is 4.70. The lowest BCUT2D eigenvalue weighted by molar-refractivity contribution is -0.132. The Bertz CT molecular complexity index is 973. The van der Waals surface area contributed by atoms with Gasteiger partial charge in [-0.2, -0.15) is 0 Å². The Hall–Kier alpha value is -2.47. The van der Waals surface area contributed by atoms with Crippen molar-refractivity contribution in [1.82, 2.24) is 10.2 Å². The van der Waals surface area contributed by atoms with E-state index >= 15 is 0 Å². The number of rotatable bonds is 6. The average Bonchev–Trinajstić information content (AvgIpc) is 2.68. The summed E-state index contributed by atoms with van der Waals surface area (Å²) < 4.78 is 34.9. The number of hydrogen-bond donors (Lipinski definition) is 3. The van der Waals surface area contributed by atoms with Gasteiger partial charge in [0.25, 0.3) is 5.91 Å². The molecule has 0 aliphatic carbocycles. The Labute approximate surface area is 186 Å². The molecule has 2 aromatic rings. The average molecular weight is 530 g/mol. The molecule has 7 nitrogen and oxygen atoms in total. The highest BCUT2D eigenvalue weighted by molar-refractivity contribution is 14.1. The molecule has 0 bridgehead atoms. The minimum atomic E-state index is -0.858. The molecule has 0 saturated carbocycles. The number of nitrogens with zero attached hydrogens (tertiary/aromatic N) is 1. The molecule has 1 aliphatic heterocycles. The molecule has 2 amide bonds. The van der Waals surface area contributed by atoms with Crippen LogP contribution in [0.25, 0.3) is 0 Å². The molecule has 0 radical (unpaired) electrons. The Kier molecular flexibility index (Phi) is 7.08. The van der Waals surface area contributed by atoms with Gasteiger partial charge in [-0.05, 0) is 46.9 Å². The Morgan fingerprint density at radius 3 is 2.73 bits per heavy atom. The predicted molar refractivity (Wildman–Crippen MR) is 117 cm³/mol. The van der Waals surface area contributed by atoms with Crippen LogP contribution in [0.1, 0.15) is 17.3 Å². The smallest absolute Gasteiger partial charge is 0.254 e. The molecule has 4 N–H and O–H groups in total. The first-order valence-electron chi connectivity index (χ1n) is 9.22. The molecule has 1 fully saturated rings. The zero-order valence-corrected chi connectivity index (χ0v) is 18.3. The van der Waals surface area contributed by atoms with Crippen LogP contribution in [0.4, 0.5) is 20.2 Å². The number of halogens is 3. The van der Waals surface area contributed by atoms with E-state index in [1.807, 2.05) is 22.6 Å². The van der Waals surface area contributed by atoms with E-state index in [1.165, 1.54) is 19.1 Å². The number of primary amides is 1. The maximum Gasteiger partial charge on any atom is 0.254 e. The second-order valence-corrected chi connectivity index (χ2v) is 8.07. The van der Waals surface area contributed by atoms with Crippen LogP contribution in [0.3, 0.4) is 0 Å². The molecule has 1 saturated heterocycles. The van der Waals surface area contributed by atoms with Crippen LogP contribution in [-0.4, -0.2) is 49.0 Å². The second kappa shape index (κ2) is 9.56. The number of anilines is 2. The summed E-state index contributed by atoms with van der Waals surface area (Å²) in [6.07, 6.45) is 0. The minimum absolute atomic E-state index is 0.0113. The van der Waals surface area contributed by atoms with E-state index in [-0.39, 0.29) is 41.2 Å².